The van der Waals surface area contributed by atoms with Crippen LogP contribution in [0.3, 0.4) is 0 Å². The first-order valence-corrected chi connectivity index (χ1v) is 8.70. The predicted molar refractivity (Wildman–Crippen MR) is 105 cm³/mol. The average Bonchev–Trinajstić information content (AvgIpc) is 2.65. The number of nitrogens with zero attached hydrogens (tertiary/aromatic N) is 1. The molecule has 0 spiro atoms. The summed E-state index contributed by atoms with van der Waals surface area (Å²) in [7, 11) is 1.94. The number of hydrazine groups is 1. The van der Waals surface area contributed by atoms with Crippen LogP contribution in [0.2, 0.25) is 5.02 Å². The molecule has 2 rings (SSSR count). The molecule has 0 fully saturated rings. The number of aryl methyl sites for hydroxylation is 1. The molecule has 0 aromatic heterocycles. The fourth-order valence-electron chi connectivity index (χ4n) is 2.73. The molecule has 0 aliphatic rings. The Morgan fingerprint density at radius 1 is 1.15 bits per heavy atom. The molecule has 6 nitrogen and oxygen atoms in total. The number of nitrogens with one attached hydrogen (secondary N) is 3. The summed E-state index contributed by atoms with van der Waals surface area (Å²) in [5, 5.41) is 3.53. The van der Waals surface area contributed by atoms with Gasteiger partial charge in [0.25, 0.3) is 0 Å². The Hall–Kier alpha value is -2.73. The third kappa shape index (κ3) is 5.39. The van der Waals surface area contributed by atoms with Crippen LogP contribution in [0.5, 0.6) is 0 Å². The molecule has 0 heterocycles. The number of benzene rings is 2. The maximum absolute atomic E-state index is 11.1. The third-order valence-corrected chi connectivity index (χ3v) is 4.30. The van der Waals surface area contributed by atoms with E-state index in [4.69, 9.17) is 11.6 Å². The van der Waals surface area contributed by atoms with Crippen molar-refractivity contribution in [2.75, 3.05) is 23.9 Å². The van der Waals surface area contributed by atoms with Crippen molar-refractivity contribution in [1.29, 1.82) is 0 Å². The van der Waals surface area contributed by atoms with Gasteiger partial charge in [0.15, 0.2) is 0 Å². The lowest BCUT2D eigenvalue weighted by atomic mass is 10.0. The van der Waals surface area contributed by atoms with E-state index < -0.39 is 0 Å². The number of hydrogen-bond donors (Lipinski definition) is 3. The van der Waals surface area contributed by atoms with Gasteiger partial charge in [-0.25, -0.2) is 0 Å². The first kappa shape index (κ1) is 19.6. The van der Waals surface area contributed by atoms with E-state index in [1.165, 1.54) is 0 Å². The van der Waals surface area contributed by atoms with Crippen LogP contribution in [0.4, 0.5) is 11.4 Å². The van der Waals surface area contributed by atoms with Crippen molar-refractivity contribution in [3.05, 3.63) is 58.6 Å². The normalized spacial score (nSPS) is 11.3. The number of anilines is 2. The van der Waals surface area contributed by atoms with Gasteiger partial charge in [-0.15, -0.1) is 0 Å². The van der Waals surface area contributed by atoms with Gasteiger partial charge in [0, 0.05) is 24.3 Å². The average molecular weight is 375 g/mol. The number of halogens is 1. The van der Waals surface area contributed by atoms with E-state index in [-0.39, 0.29) is 6.04 Å². The van der Waals surface area contributed by atoms with Crippen LogP contribution in [0, 0.1) is 0 Å². The van der Waals surface area contributed by atoms with Gasteiger partial charge in [0.2, 0.25) is 12.8 Å². The lowest BCUT2D eigenvalue weighted by molar-refractivity contribution is -0.110. The monoisotopic (exact) mass is 374 g/mol. The Kier molecular flexibility index (Phi) is 7.29. The zero-order valence-electron chi connectivity index (χ0n) is 14.8. The van der Waals surface area contributed by atoms with Gasteiger partial charge in [0.05, 0.1) is 11.7 Å². The van der Waals surface area contributed by atoms with E-state index in [0.29, 0.717) is 24.4 Å². The summed E-state index contributed by atoms with van der Waals surface area (Å²) in [6, 6.07) is 13.3. The maximum Gasteiger partial charge on any atom is 0.225 e. The second-order valence-corrected chi connectivity index (χ2v) is 6.34. The molecule has 0 saturated heterocycles. The minimum atomic E-state index is -0.203. The van der Waals surface area contributed by atoms with Crippen LogP contribution in [-0.4, -0.2) is 26.4 Å². The van der Waals surface area contributed by atoms with E-state index in [9.17, 15) is 9.59 Å². The molecule has 0 saturated carbocycles. The van der Waals surface area contributed by atoms with Crippen LogP contribution in [0.25, 0.3) is 0 Å². The van der Waals surface area contributed by atoms with E-state index in [0.717, 1.165) is 28.9 Å². The van der Waals surface area contributed by atoms with Crippen LogP contribution >= 0.6 is 11.6 Å². The number of hydrogen-bond acceptors (Lipinski definition) is 4. The highest BCUT2D eigenvalue weighted by Gasteiger charge is 2.15. The van der Waals surface area contributed by atoms with Gasteiger partial charge in [-0.1, -0.05) is 30.7 Å². The number of rotatable bonds is 10. The van der Waals surface area contributed by atoms with Crippen molar-refractivity contribution in [3.8, 4) is 0 Å². The molecule has 0 bridgehead atoms. The Bertz CT molecular complexity index is 754. The van der Waals surface area contributed by atoms with Crippen LogP contribution < -0.4 is 21.1 Å². The molecule has 2 amide bonds. The first-order valence-electron chi connectivity index (χ1n) is 8.32. The molecule has 26 heavy (non-hydrogen) atoms. The second-order valence-electron chi connectivity index (χ2n) is 5.90. The van der Waals surface area contributed by atoms with Crippen molar-refractivity contribution < 1.29 is 9.59 Å². The van der Waals surface area contributed by atoms with Crippen molar-refractivity contribution in [1.82, 2.24) is 10.7 Å². The highest BCUT2D eigenvalue weighted by Crippen LogP contribution is 2.24. The molecule has 0 aliphatic carbocycles. The highest BCUT2D eigenvalue weighted by atomic mass is 35.5. The van der Waals surface area contributed by atoms with Gasteiger partial charge in [-0.2, -0.15) is 0 Å². The number of likely N-dealkylation sites (N-methyl/N-ethyl adjacent to an activating group) is 1. The molecule has 0 aliphatic heterocycles. The van der Waals surface area contributed by atoms with Crippen molar-refractivity contribution >= 4 is 35.8 Å². The minimum absolute atomic E-state index is 0.203. The number of amides is 2. The van der Waals surface area contributed by atoms with Crippen LogP contribution in [0.1, 0.15) is 24.1 Å². The number of carbonyl (C=O) groups is 2. The van der Waals surface area contributed by atoms with E-state index >= 15 is 0 Å². The number of carbonyl (C=O) groups excluding carboxylic acids is 2. The maximum atomic E-state index is 11.1. The molecular formula is C19H23ClN4O2. The quantitative estimate of drug-likeness (QED) is 0.441. The van der Waals surface area contributed by atoms with Crippen LogP contribution in [-0.2, 0) is 16.0 Å². The Balaban J connectivity index is 2.20. The second kappa shape index (κ2) is 9.68. The molecule has 1 unspecified atom stereocenters. The summed E-state index contributed by atoms with van der Waals surface area (Å²) in [5.41, 5.74) is 8.99. The van der Waals surface area contributed by atoms with Crippen molar-refractivity contribution in [2.45, 2.75) is 19.4 Å². The van der Waals surface area contributed by atoms with Gasteiger partial charge in [0.1, 0.15) is 0 Å². The SMILES string of the molecule is CCc1cc(Cl)cc(C(CN(C)c2cccc(NNC=O)c2)NC=O)c1. The zero-order chi connectivity index (χ0) is 18.9. The lowest BCUT2D eigenvalue weighted by Gasteiger charge is -2.26. The summed E-state index contributed by atoms with van der Waals surface area (Å²) >= 11 is 6.22. The van der Waals surface area contributed by atoms with Crippen molar-refractivity contribution in [3.63, 3.8) is 0 Å². The largest absolute Gasteiger partial charge is 0.372 e. The summed E-state index contributed by atoms with van der Waals surface area (Å²) < 4.78 is 0. The Morgan fingerprint density at radius 3 is 2.65 bits per heavy atom. The third-order valence-electron chi connectivity index (χ3n) is 4.08. The summed E-state index contributed by atoms with van der Waals surface area (Å²) in [6.07, 6.45) is 2.15. The highest BCUT2D eigenvalue weighted by molar-refractivity contribution is 6.30. The first-order chi connectivity index (χ1) is 12.6. The summed E-state index contributed by atoms with van der Waals surface area (Å²) in [6.45, 7) is 2.63. The van der Waals surface area contributed by atoms with Gasteiger partial charge in [-0.3, -0.25) is 20.4 Å². The Labute approximate surface area is 158 Å². The van der Waals surface area contributed by atoms with E-state index in [1.54, 1.807) is 0 Å². The fraction of sp³-hybridized carbons (Fsp3) is 0.263. The van der Waals surface area contributed by atoms with E-state index in [1.807, 2.05) is 48.3 Å². The topological polar surface area (TPSA) is 73.5 Å². The molecule has 138 valence electrons. The molecule has 1 atom stereocenters. The minimum Gasteiger partial charge on any atom is -0.372 e. The molecule has 0 radical (unpaired) electrons. The zero-order valence-corrected chi connectivity index (χ0v) is 15.6. The van der Waals surface area contributed by atoms with Gasteiger partial charge in [-0.05, 0) is 47.9 Å². The fourth-order valence-corrected chi connectivity index (χ4v) is 3.00. The molecule has 7 heteroatoms. The molecular weight excluding hydrogens is 352 g/mol. The summed E-state index contributed by atoms with van der Waals surface area (Å²) in [5.74, 6) is 0. The van der Waals surface area contributed by atoms with Crippen LogP contribution in [0.15, 0.2) is 42.5 Å². The van der Waals surface area contributed by atoms with Gasteiger partial charge >= 0.3 is 0 Å². The molecule has 3 N–H and O–H groups in total. The standard InChI is InChI=1S/C19H23ClN4O2/c1-3-14-7-15(9-16(20)8-14)19(21-12-25)11-24(2)18-6-4-5-17(10-18)23-22-13-26/h4-10,12-13,19,23H,3,11H2,1-2H3,(H,21,25)(H,22,26). The predicted octanol–water partition coefficient (Wildman–Crippen LogP) is 2.90. The van der Waals surface area contributed by atoms with E-state index in [2.05, 4.69) is 29.2 Å². The molecule has 2 aromatic rings. The Morgan fingerprint density at radius 2 is 1.96 bits per heavy atom. The smallest absolute Gasteiger partial charge is 0.225 e. The van der Waals surface area contributed by atoms with Crippen molar-refractivity contribution in [2.24, 2.45) is 0 Å². The molecule has 2 aromatic carbocycles. The summed E-state index contributed by atoms with van der Waals surface area (Å²) in [4.78, 5) is 23.5. The lowest BCUT2D eigenvalue weighted by Crippen LogP contribution is -2.32. The van der Waals surface area contributed by atoms with Gasteiger partial charge < -0.3 is 10.2 Å².